The van der Waals surface area contributed by atoms with E-state index >= 15 is 0 Å². The van der Waals surface area contributed by atoms with Gasteiger partial charge in [0.1, 0.15) is 0 Å². The van der Waals surface area contributed by atoms with E-state index in [9.17, 15) is 0 Å². The van der Waals surface area contributed by atoms with Crippen LogP contribution in [0.4, 0.5) is 5.69 Å². The predicted octanol–water partition coefficient (Wildman–Crippen LogP) is 2.71. The molecule has 1 aromatic carbocycles. The number of anilines is 1. The largest absolute Gasteiger partial charge is 0.480 e. The lowest BCUT2D eigenvalue weighted by Crippen LogP contribution is -2.19. The highest BCUT2D eigenvalue weighted by Gasteiger charge is 2.09. The SMILES string of the molecule is COc1ccc2nc(-c3ccc(Cl)c(NC(N)=S)c3)cn2n1. The topological polar surface area (TPSA) is 77.5 Å². The second-order valence-electron chi connectivity index (χ2n) is 4.49. The van der Waals surface area contributed by atoms with Gasteiger partial charge >= 0.3 is 0 Å². The van der Waals surface area contributed by atoms with Crippen molar-refractivity contribution < 1.29 is 4.74 Å². The molecule has 0 radical (unpaired) electrons. The highest BCUT2D eigenvalue weighted by Crippen LogP contribution is 2.28. The van der Waals surface area contributed by atoms with Crippen LogP contribution in [0.5, 0.6) is 5.88 Å². The van der Waals surface area contributed by atoms with Crippen molar-refractivity contribution in [3.05, 3.63) is 41.6 Å². The average Bonchev–Trinajstić information content (AvgIpc) is 2.91. The molecule has 0 spiro atoms. The maximum absolute atomic E-state index is 6.11. The Bertz CT molecular complexity index is 864. The van der Waals surface area contributed by atoms with Crippen LogP contribution in [-0.2, 0) is 0 Å². The van der Waals surface area contributed by atoms with E-state index in [1.807, 2.05) is 24.4 Å². The zero-order valence-electron chi connectivity index (χ0n) is 11.6. The van der Waals surface area contributed by atoms with E-state index in [4.69, 9.17) is 34.3 Å². The molecule has 0 aliphatic carbocycles. The molecule has 0 saturated carbocycles. The fraction of sp³-hybridized carbons (Fsp3) is 0.0714. The number of halogens is 1. The number of nitrogens with two attached hydrogens (primary N) is 1. The molecule has 8 heteroatoms. The fourth-order valence-corrected chi connectivity index (χ4v) is 2.30. The van der Waals surface area contributed by atoms with Gasteiger partial charge in [-0.1, -0.05) is 17.7 Å². The molecule has 3 rings (SSSR count). The van der Waals surface area contributed by atoms with Gasteiger partial charge in [0.15, 0.2) is 10.8 Å². The molecule has 3 N–H and O–H groups in total. The number of fused-ring (bicyclic) bond motifs is 1. The summed E-state index contributed by atoms with van der Waals surface area (Å²) in [6, 6.07) is 9.05. The zero-order valence-corrected chi connectivity index (χ0v) is 13.1. The Morgan fingerprint density at radius 3 is 2.91 bits per heavy atom. The summed E-state index contributed by atoms with van der Waals surface area (Å²) in [6.07, 6.45) is 1.81. The third-order valence-electron chi connectivity index (χ3n) is 3.02. The van der Waals surface area contributed by atoms with Crippen LogP contribution in [0.3, 0.4) is 0 Å². The van der Waals surface area contributed by atoms with Gasteiger partial charge in [0.2, 0.25) is 5.88 Å². The molecule has 112 valence electrons. The van der Waals surface area contributed by atoms with Crippen molar-refractivity contribution in [2.24, 2.45) is 5.73 Å². The molecular weight excluding hydrogens is 322 g/mol. The summed E-state index contributed by atoms with van der Waals surface area (Å²) in [5.41, 5.74) is 8.47. The van der Waals surface area contributed by atoms with Crippen LogP contribution >= 0.6 is 23.8 Å². The second-order valence-corrected chi connectivity index (χ2v) is 5.34. The van der Waals surface area contributed by atoms with Crippen molar-refractivity contribution >= 4 is 40.3 Å². The number of hydrogen-bond acceptors (Lipinski definition) is 4. The number of nitrogens with one attached hydrogen (secondary N) is 1. The molecule has 2 heterocycles. The van der Waals surface area contributed by atoms with Gasteiger partial charge in [-0.25, -0.2) is 9.50 Å². The maximum atomic E-state index is 6.11. The van der Waals surface area contributed by atoms with Crippen LogP contribution in [0.1, 0.15) is 0 Å². The Morgan fingerprint density at radius 2 is 2.18 bits per heavy atom. The first-order chi connectivity index (χ1) is 10.6. The van der Waals surface area contributed by atoms with Gasteiger partial charge in [0, 0.05) is 11.6 Å². The lowest BCUT2D eigenvalue weighted by Gasteiger charge is -2.07. The molecule has 0 unspecified atom stereocenters. The van der Waals surface area contributed by atoms with Gasteiger partial charge in [-0.05, 0) is 30.4 Å². The third kappa shape index (κ3) is 2.81. The highest BCUT2D eigenvalue weighted by molar-refractivity contribution is 7.80. The standard InChI is InChI=1S/C14H12ClN5OS/c1-21-13-5-4-12-17-11(7-20(12)19-13)8-2-3-9(15)10(6-8)18-14(16)22/h2-7H,1H3,(H3,16,18,22). The van der Waals surface area contributed by atoms with Crippen molar-refractivity contribution in [3.63, 3.8) is 0 Å². The second kappa shape index (κ2) is 5.78. The number of methoxy groups -OCH3 is 1. The van der Waals surface area contributed by atoms with E-state index < -0.39 is 0 Å². The molecule has 0 amide bonds. The first-order valence-electron chi connectivity index (χ1n) is 6.33. The number of hydrogen-bond donors (Lipinski definition) is 2. The summed E-state index contributed by atoms with van der Waals surface area (Å²) in [5.74, 6) is 0.517. The number of benzene rings is 1. The van der Waals surface area contributed by atoms with E-state index in [1.165, 1.54) is 0 Å². The van der Waals surface area contributed by atoms with Gasteiger partial charge in [-0.3, -0.25) is 0 Å². The number of imidazole rings is 1. The first-order valence-corrected chi connectivity index (χ1v) is 7.12. The summed E-state index contributed by atoms with van der Waals surface area (Å²) in [5, 5.41) is 7.80. The maximum Gasteiger partial charge on any atom is 0.231 e. The lowest BCUT2D eigenvalue weighted by molar-refractivity contribution is 0.390. The van der Waals surface area contributed by atoms with Gasteiger partial charge < -0.3 is 15.8 Å². The Labute approximate surface area is 136 Å². The zero-order chi connectivity index (χ0) is 15.7. The molecule has 0 saturated heterocycles. The van der Waals surface area contributed by atoms with Crippen LogP contribution in [0.25, 0.3) is 16.9 Å². The average molecular weight is 334 g/mol. The molecule has 2 aromatic heterocycles. The Morgan fingerprint density at radius 1 is 1.36 bits per heavy atom. The van der Waals surface area contributed by atoms with Crippen LogP contribution in [-0.4, -0.2) is 26.8 Å². The van der Waals surface area contributed by atoms with E-state index in [2.05, 4.69) is 15.4 Å². The normalized spacial score (nSPS) is 10.6. The van der Waals surface area contributed by atoms with Gasteiger partial charge in [0.05, 0.1) is 29.7 Å². The van der Waals surface area contributed by atoms with E-state index in [0.29, 0.717) is 16.6 Å². The summed E-state index contributed by atoms with van der Waals surface area (Å²) in [6.45, 7) is 0. The van der Waals surface area contributed by atoms with Gasteiger partial charge in [-0.15, -0.1) is 5.10 Å². The van der Waals surface area contributed by atoms with E-state index in [0.717, 1.165) is 16.9 Å². The van der Waals surface area contributed by atoms with Crippen LogP contribution in [0.2, 0.25) is 5.02 Å². The molecule has 0 bridgehead atoms. The molecular formula is C14H12ClN5OS. The number of rotatable bonds is 3. The first kappa shape index (κ1) is 14.6. The summed E-state index contributed by atoms with van der Waals surface area (Å²) in [7, 11) is 1.57. The number of aromatic nitrogens is 3. The van der Waals surface area contributed by atoms with E-state index in [-0.39, 0.29) is 5.11 Å². The molecule has 3 aromatic rings. The third-order valence-corrected chi connectivity index (χ3v) is 3.46. The summed E-state index contributed by atoms with van der Waals surface area (Å²) < 4.78 is 6.76. The van der Waals surface area contributed by atoms with Crippen LogP contribution < -0.4 is 15.8 Å². The molecule has 0 atom stereocenters. The van der Waals surface area contributed by atoms with Gasteiger partial charge in [0.25, 0.3) is 0 Å². The highest BCUT2D eigenvalue weighted by atomic mass is 35.5. The minimum atomic E-state index is 0.153. The lowest BCUT2D eigenvalue weighted by atomic mass is 10.1. The summed E-state index contributed by atoms with van der Waals surface area (Å²) >= 11 is 11.0. The van der Waals surface area contributed by atoms with Crippen molar-refractivity contribution in [3.8, 4) is 17.1 Å². The number of nitrogens with zero attached hydrogens (tertiary/aromatic N) is 3. The van der Waals surface area contributed by atoms with Crippen molar-refractivity contribution in [1.29, 1.82) is 0 Å². The minimum absolute atomic E-state index is 0.153. The van der Waals surface area contributed by atoms with Crippen molar-refractivity contribution in [1.82, 2.24) is 14.6 Å². The van der Waals surface area contributed by atoms with Crippen molar-refractivity contribution in [2.75, 3.05) is 12.4 Å². The van der Waals surface area contributed by atoms with E-state index in [1.54, 1.807) is 23.8 Å². The molecule has 22 heavy (non-hydrogen) atoms. The predicted molar refractivity (Wildman–Crippen MR) is 90.4 cm³/mol. The smallest absolute Gasteiger partial charge is 0.231 e. The molecule has 6 nitrogen and oxygen atoms in total. The number of thiocarbonyl (C=S) groups is 1. The van der Waals surface area contributed by atoms with Crippen LogP contribution in [0, 0.1) is 0 Å². The monoisotopic (exact) mass is 333 g/mol. The molecule has 0 aliphatic heterocycles. The molecule has 0 aliphatic rings. The fourth-order valence-electron chi connectivity index (χ4n) is 2.03. The van der Waals surface area contributed by atoms with Gasteiger partial charge in [-0.2, -0.15) is 0 Å². The summed E-state index contributed by atoms with van der Waals surface area (Å²) in [4.78, 5) is 4.52. The van der Waals surface area contributed by atoms with Crippen LogP contribution in [0.15, 0.2) is 36.5 Å². The van der Waals surface area contributed by atoms with Crippen molar-refractivity contribution in [2.45, 2.75) is 0 Å². The number of ether oxygens (including phenoxy) is 1. The molecule has 0 fully saturated rings. The quantitative estimate of drug-likeness (QED) is 0.718. The Hall–Kier alpha value is -2.38. The Balaban J connectivity index is 2.05. The minimum Gasteiger partial charge on any atom is -0.480 e. The Kier molecular flexibility index (Phi) is 3.82.